The van der Waals surface area contributed by atoms with Gasteiger partial charge in [-0.2, -0.15) is 8.42 Å². The lowest BCUT2D eigenvalue weighted by Crippen LogP contribution is -2.24. The smallest absolute Gasteiger partial charge is 0.314 e. The molecule has 108 valence electrons. The highest BCUT2D eigenvalue weighted by Gasteiger charge is 2.22. The number of allylic oxidation sites excluding steroid dienone is 1. The van der Waals surface area contributed by atoms with E-state index in [1.807, 2.05) is 6.92 Å². The van der Waals surface area contributed by atoms with E-state index in [1.54, 1.807) is 6.20 Å². The van der Waals surface area contributed by atoms with Gasteiger partial charge in [-0.3, -0.25) is 4.55 Å². The van der Waals surface area contributed by atoms with Crippen LogP contribution in [0.15, 0.2) is 40.9 Å². The molecule has 0 bridgehead atoms. The summed E-state index contributed by atoms with van der Waals surface area (Å²) in [5.74, 6) is 0.568. The topological polar surface area (TPSA) is 95.5 Å². The lowest BCUT2D eigenvalue weighted by Gasteiger charge is -2.06. The summed E-state index contributed by atoms with van der Waals surface area (Å²) in [6.07, 6.45) is 3.96. The van der Waals surface area contributed by atoms with Gasteiger partial charge < -0.3 is 10.6 Å². The summed E-state index contributed by atoms with van der Waals surface area (Å²) in [4.78, 5) is 11.4. The second kappa shape index (κ2) is 5.64. The molecule has 0 unspecified atom stereocenters. The van der Waals surface area contributed by atoms with Crippen LogP contribution in [0.3, 0.4) is 0 Å². The van der Waals surface area contributed by atoms with Crippen molar-refractivity contribution in [1.29, 1.82) is 0 Å². The highest BCUT2D eigenvalue weighted by atomic mass is 32.2. The molecule has 0 radical (unpaired) electrons. The van der Waals surface area contributed by atoms with E-state index in [9.17, 15) is 13.2 Å². The maximum Gasteiger partial charge on any atom is 0.323 e. The van der Waals surface area contributed by atoms with Crippen LogP contribution in [0.1, 0.15) is 19.8 Å². The van der Waals surface area contributed by atoms with Crippen molar-refractivity contribution in [2.75, 3.05) is 5.32 Å². The second-order valence-electron chi connectivity index (χ2n) is 4.76. The molecule has 1 fully saturated rings. The fourth-order valence-electron chi connectivity index (χ4n) is 1.74. The Bertz CT molecular complexity index is 648. The van der Waals surface area contributed by atoms with Gasteiger partial charge in [0.2, 0.25) is 0 Å². The summed E-state index contributed by atoms with van der Waals surface area (Å²) in [6, 6.07) is 4.94. The van der Waals surface area contributed by atoms with Gasteiger partial charge in [0, 0.05) is 11.9 Å². The molecule has 1 aliphatic carbocycles. The van der Waals surface area contributed by atoms with E-state index >= 15 is 0 Å². The van der Waals surface area contributed by atoms with Gasteiger partial charge in [-0.1, -0.05) is 11.6 Å². The van der Waals surface area contributed by atoms with Gasteiger partial charge in [-0.15, -0.1) is 0 Å². The Morgan fingerprint density at radius 2 is 2.10 bits per heavy atom. The molecule has 0 atom stereocenters. The maximum atomic E-state index is 11.6. The van der Waals surface area contributed by atoms with Crippen molar-refractivity contribution in [1.82, 2.24) is 5.32 Å². The third kappa shape index (κ3) is 4.07. The van der Waals surface area contributed by atoms with Gasteiger partial charge in [0.25, 0.3) is 10.1 Å². The fraction of sp³-hybridized carbons (Fsp3) is 0.308. The molecular weight excluding hydrogens is 280 g/mol. The summed E-state index contributed by atoms with van der Waals surface area (Å²) in [5, 5.41) is 5.09. The van der Waals surface area contributed by atoms with Crippen molar-refractivity contribution in [3.8, 4) is 0 Å². The molecular formula is C13H16N2O4S. The van der Waals surface area contributed by atoms with Crippen LogP contribution in [0.5, 0.6) is 0 Å². The van der Waals surface area contributed by atoms with Crippen LogP contribution < -0.4 is 10.6 Å². The fourth-order valence-corrected chi connectivity index (χ4v) is 2.26. The molecule has 1 aromatic carbocycles. The number of hydrogen-bond donors (Lipinski definition) is 3. The molecule has 1 saturated carbocycles. The van der Waals surface area contributed by atoms with Crippen LogP contribution in [0.2, 0.25) is 0 Å². The van der Waals surface area contributed by atoms with Gasteiger partial charge in [-0.25, -0.2) is 4.79 Å². The van der Waals surface area contributed by atoms with Crippen molar-refractivity contribution >= 4 is 21.8 Å². The zero-order chi connectivity index (χ0) is 14.8. The minimum absolute atomic E-state index is 0.264. The normalized spacial score (nSPS) is 15.8. The van der Waals surface area contributed by atoms with Crippen molar-refractivity contribution in [2.24, 2.45) is 5.92 Å². The minimum atomic E-state index is -4.27. The predicted molar refractivity (Wildman–Crippen MR) is 74.9 cm³/mol. The molecule has 20 heavy (non-hydrogen) atoms. The van der Waals surface area contributed by atoms with Crippen LogP contribution in [0.25, 0.3) is 0 Å². The number of carbonyl (C=O) groups is 1. The number of rotatable bonds is 4. The number of urea groups is 1. The van der Waals surface area contributed by atoms with Crippen LogP contribution in [-0.2, 0) is 10.1 Å². The van der Waals surface area contributed by atoms with E-state index < -0.39 is 16.1 Å². The van der Waals surface area contributed by atoms with Gasteiger partial charge in [0.05, 0.1) is 4.90 Å². The van der Waals surface area contributed by atoms with E-state index in [0.29, 0.717) is 5.92 Å². The molecule has 0 spiro atoms. The summed E-state index contributed by atoms with van der Waals surface area (Å²) in [7, 11) is -4.27. The number of hydrogen-bond acceptors (Lipinski definition) is 3. The second-order valence-corrected chi connectivity index (χ2v) is 6.19. The van der Waals surface area contributed by atoms with Crippen molar-refractivity contribution in [3.63, 3.8) is 0 Å². The van der Waals surface area contributed by atoms with Gasteiger partial charge in [0.15, 0.2) is 0 Å². The number of nitrogens with one attached hydrogen (secondary N) is 2. The number of amides is 2. The SMILES string of the molecule is C/C(=C\NC(=O)Nc1cccc(S(=O)(=O)O)c1)C1CC1. The zero-order valence-corrected chi connectivity index (χ0v) is 11.8. The molecule has 0 aliphatic heterocycles. The monoisotopic (exact) mass is 296 g/mol. The highest BCUT2D eigenvalue weighted by molar-refractivity contribution is 7.85. The Labute approximate surface area is 117 Å². The Morgan fingerprint density at radius 3 is 2.70 bits per heavy atom. The lowest BCUT2D eigenvalue weighted by molar-refractivity contribution is 0.255. The van der Waals surface area contributed by atoms with Crippen LogP contribution >= 0.6 is 0 Å². The molecule has 7 heteroatoms. The summed E-state index contributed by atoms with van der Waals surface area (Å²) in [6.45, 7) is 1.96. The standard InChI is InChI=1S/C13H16N2O4S/c1-9(10-5-6-10)8-14-13(16)15-11-3-2-4-12(7-11)20(17,18)19/h2-4,7-8,10H,5-6H2,1H3,(H2,14,15,16)(H,17,18,19)/b9-8+. The molecule has 0 aromatic heterocycles. The third-order valence-corrected chi connectivity index (χ3v) is 3.89. The predicted octanol–water partition coefficient (Wildman–Crippen LogP) is 2.37. The van der Waals surface area contributed by atoms with Gasteiger partial charge >= 0.3 is 6.03 Å². The molecule has 6 nitrogen and oxygen atoms in total. The minimum Gasteiger partial charge on any atom is -0.314 e. The largest absolute Gasteiger partial charge is 0.323 e. The summed E-state index contributed by atoms with van der Waals surface area (Å²) in [5.41, 5.74) is 1.40. The number of anilines is 1. The average Bonchev–Trinajstić information content (AvgIpc) is 3.19. The van der Waals surface area contributed by atoms with E-state index in [-0.39, 0.29) is 10.6 Å². The third-order valence-electron chi connectivity index (χ3n) is 3.04. The molecule has 0 saturated heterocycles. The Balaban J connectivity index is 1.99. The van der Waals surface area contributed by atoms with Crippen LogP contribution in [-0.4, -0.2) is 19.0 Å². The molecule has 0 heterocycles. The van der Waals surface area contributed by atoms with E-state index in [2.05, 4.69) is 10.6 Å². The quantitative estimate of drug-likeness (QED) is 0.743. The number of carbonyl (C=O) groups excluding carboxylic acids is 1. The molecule has 1 aromatic rings. The first-order valence-electron chi connectivity index (χ1n) is 6.18. The van der Waals surface area contributed by atoms with Crippen LogP contribution in [0, 0.1) is 5.92 Å². The lowest BCUT2D eigenvalue weighted by atomic mass is 10.2. The highest BCUT2D eigenvalue weighted by Crippen LogP contribution is 2.35. The molecule has 1 aliphatic rings. The van der Waals surface area contributed by atoms with Crippen molar-refractivity contribution < 1.29 is 17.8 Å². The van der Waals surface area contributed by atoms with Gasteiger partial charge in [0.1, 0.15) is 0 Å². The summed E-state index contributed by atoms with van der Waals surface area (Å²) >= 11 is 0. The zero-order valence-electron chi connectivity index (χ0n) is 11.0. The molecule has 3 N–H and O–H groups in total. The number of benzene rings is 1. The molecule has 2 amide bonds. The Kier molecular flexibility index (Phi) is 4.10. The average molecular weight is 296 g/mol. The van der Waals surface area contributed by atoms with Crippen molar-refractivity contribution in [3.05, 3.63) is 36.0 Å². The first kappa shape index (κ1) is 14.5. The summed E-state index contributed by atoms with van der Waals surface area (Å²) < 4.78 is 30.9. The van der Waals surface area contributed by atoms with E-state index in [1.165, 1.54) is 24.3 Å². The Morgan fingerprint density at radius 1 is 1.40 bits per heavy atom. The van der Waals surface area contributed by atoms with Crippen molar-refractivity contribution in [2.45, 2.75) is 24.7 Å². The van der Waals surface area contributed by atoms with E-state index in [4.69, 9.17) is 4.55 Å². The molecule has 2 rings (SSSR count). The Hall–Kier alpha value is -1.86. The maximum absolute atomic E-state index is 11.6. The first-order valence-corrected chi connectivity index (χ1v) is 7.62. The van der Waals surface area contributed by atoms with Crippen LogP contribution in [0.4, 0.5) is 10.5 Å². The van der Waals surface area contributed by atoms with Gasteiger partial charge in [-0.05, 0) is 43.9 Å². The van der Waals surface area contributed by atoms with E-state index in [0.717, 1.165) is 18.4 Å². The first-order chi connectivity index (χ1) is 9.36.